The van der Waals surface area contributed by atoms with Crippen molar-refractivity contribution < 1.29 is 8.42 Å². The fourth-order valence-electron chi connectivity index (χ4n) is 2.50. The van der Waals surface area contributed by atoms with Gasteiger partial charge in [0.2, 0.25) is 0 Å². The third kappa shape index (κ3) is 7.32. The Labute approximate surface area is 134 Å². The normalized spacial score (nSPS) is 22.6. The summed E-state index contributed by atoms with van der Waals surface area (Å²) >= 11 is 1.74. The van der Waals surface area contributed by atoms with Crippen LogP contribution in [0.1, 0.15) is 40.0 Å². The fourth-order valence-corrected chi connectivity index (χ4v) is 4.64. The van der Waals surface area contributed by atoms with Crippen LogP contribution in [-0.2, 0) is 10.2 Å². The molecule has 0 aliphatic carbocycles. The molecule has 2 atom stereocenters. The Morgan fingerprint density at radius 2 is 2.05 bits per heavy atom. The van der Waals surface area contributed by atoms with Gasteiger partial charge in [0.25, 0.3) is 10.2 Å². The first-order chi connectivity index (χ1) is 9.85. The van der Waals surface area contributed by atoms with Crippen LogP contribution in [0.5, 0.6) is 0 Å². The summed E-state index contributed by atoms with van der Waals surface area (Å²) in [5, 5.41) is 3.41. The molecule has 7 heteroatoms. The standard InChI is InChI=1S/C14H31N3O2S2/c1-12(2)15-10-14-6-5-8-17(11-14)21(18,19)16-13(3)7-9-20-4/h12-16H,5-11H2,1-4H3. The molecule has 1 aliphatic heterocycles. The van der Waals surface area contributed by atoms with Gasteiger partial charge in [0.15, 0.2) is 0 Å². The van der Waals surface area contributed by atoms with Crippen LogP contribution < -0.4 is 10.0 Å². The summed E-state index contributed by atoms with van der Waals surface area (Å²) in [5.41, 5.74) is 0. The largest absolute Gasteiger partial charge is 0.314 e. The molecule has 21 heavy (non-hydrogen) atoms. The summed E-state index contributed by atoms with van der Waals surface area (Å²) in [7, 11) is -3.34. The van der Waals surface area contributed by atoms with E-state index in [9.17, 15) is 8.42 Å². The topological polar surface area (TPSA) is 61.4 Å². The highest BCUT2D eigenvalue weighted by Gasteiger charge is 2.29. The minimum Gasteiger partial charge on any atom is -0.314 e. The average Bonchev–Trinajstić information content (AvgIpc) is 2.43. The van der Waals surface area contributed by atoms with Crippen molar-refractivity contribution in [1.29, 1.82) is 0 Å². The molecule has 1 fully saturated rings. The van der Waals surface area contributed by atoms with Gasteiger partial charge in [0.1, 0.15) is 0 Å². The van der Waals surface area contributed by atoms with Gasteiger partial charge in [-0.3, -0.25) is 0 Å². The number of rotatable bonds is 9. The lowest BCUT2D eigenvalue weighted by molar-refractivity contribution is 0.253. The zero-order valence-corrected chi connectivity index (χ0v) is 15.4. The van der Waals surface area contributed by atoms with Crippen LogP contribution in [0.2, 0.25) is 0 Å². The lowest BCUT2D eigenvalue weighted by Crippen LogP contribution is -2.50. The Morgan fingerprint density at radius 1 is 1.33 bits per heavy atom. The number of nitrogens with one attached hydrogen (secondary N) is 2. The molecule has 0 aromatic carbocycles. The molecule has 1 rings (SSSR count). The molecule has 1 aliphatic rings. The van der Waals surface area contributed by atoms with Crippen molar-refractivity contribution >= 4 is 22.0 Å². The molecular weight excluding hydrogens is 306 g/mol. The second-order valence-corrected chi connectivity index (χ2v) is 8.92. The lowest BCUT2D eigenvalue weighted by Gasteiger charge is -2.33. The average molecular weight is 338 g/mol. The molecule has 0 amide bonds. The molecule has 0 aromatic heterocycles. The maximum atomic E-state index is 12.4. The van der Waals surface area contributed by atoms with E-state index in [1.54, 1.807) is 16.1 Å². The molecule has 1 saturated heterocycles. The van der Waals surface area contributed by atoms with Crippen LogP contribution in [0.25, 0.3) is 0 Å². The van der Waals surface area contributed by atoms with Gasteiger partial charge >= 0.3 is 0 Å². The highest BCUT2D eigenvalue weighted by atomic mass is 32.2. The summed E-state index contributed by atoms with van der Waals surface area (Å²) in [4.78, 5) is 0. The molecule has 0 spiro atoms. The van der Waals surface area contributed by atoms with Crippen molar-refractivity contribution in [2.75, 3.05) is 31.6 Å². The smallest absolute Gasteiger partial charge is 0.279 e. The Kier molecular flexibility index (Phi) is 8.56. The van der Waals surface area contributed by atoms with E-state index in [0.717, 1.165) is 31.6 Å². The number of hydrogen-bond donors (Lipinski definition) is 2. The van der Waals surface area contributed by atoms with Gasteiger partial charge < -0.3 is 5.32 Å². The highest BCUT2D eigenvalue weighted by molar-refractivity contribution is 7.98. The summed E-state index contributed by atoms with van der Waals surface area (Å²) < 4.78 is 29.3. The Hall–Kier alpha value is 0.180. The monoisotopic (exact) mass is 337 g/mol. The number of hydrogen-bond acceptors (Lipinski definition) is 4. The Bertz CT molecular complexity index is 388. The van der Waals surface area contributed by atoms with E-state index in [1.165, 1.54) is 0 Å². The van der Waals surface area contributed by atoms with Gasteiger partial charge in [-0.1, -0.05) is 13.8 Å². The first-order valence-corrected chi connectivity index (χ1v) is 10.7. The minimum atomic E-state index is -3.34. The van der Waals surface area contributed by atoms with Crippen molar-refractivity contribution in [3.8, 4) is 0 Å². The molecule has 5 nitrogen and oxygen atoms in total. The summed E-state index contributed by atoms with van der Waals surface area (Å²) in [5.74, 6) is 1.39. The van der Waals surface area contributed by atoms with Gasteiger partial charge in [-0.05, 0) is 50.7 Å². The Balaban J connectivity index is 2.49. The molecule has 126 valence electrons. The first kappa shape index (κ1) is 19.2. The van der Waals surface area contributed by atoms with Crippen LogP contribution in [0, 0.1) is 5.92 Å². The molecule has 0 saturated carbocycles. The number of piperidine rings is 1. The summed E-state index contributed by atoms with van der Waals surface area (Å²) in [6, 6.07) is 0.443. The van der Waals surface area contributed by atoms with E-state index < -0.39 is 10.2 Å². The van der Waals surface area contributed by atoms with E-state index in [4.69, 9.17) is 0 Å². The fraction of sp³-hybridized carbons (Fsp3) is 1.00. The third-order valence-electron chi connectivity index (χ3n) is 3.74. The van der Waals surface area contributed by atoms with Gasteiger partial charge in [-0.15, -0.1) is 0 Å². The van der Waals surface area contributed by atoms with Crippen molar-refractivity contribution in [1.82, 2.24) is 14.3 Å². The van der Waals surface area contributed by atoms with E-state index in [2.05, 4.69) is 23.9 Å². The number of thioether (sulfide) groups is 1. The van der Waals surface area contributed by atoms with Crippen molar-refractivity contribution in [2.45, 2.75) is 52.1 Å². The van der Waals surface area contributed by atoms with Crippen LogP contribution in [0.4, 0.5) is 0 Å². The summed E-state index contributed by atoms with van der Waals surface area (Å²) in [6.45, 7) is 8.34. The van der Waals surface area contributed by atoms with E-state index in [-0.39, 0.29) is 6.04 Å². The first-order valence-electron chi connectivity index (χ1n) is 7.85. The van der Waals surface area contributed by atoms with E-state index >= 15 is 0 Å². The molecule has 1 heterocycles. The summed E-state index contributed by atoms with van der Waals surface area (Å²) in [6.07, 6.45) is 4.96. The van der Waals surface area contributed by atoms with Crippen LogP contribution in [0.15, 0.2) is 0 Å². The predicted molar refractivity (Wildman–Crippen MR) is 92.0 cm³/mol. The lowest BCUT2D eigenvalue weighted by atomic mass is 9.99. The van der Waals surface area contributed by atoms with Crippen LogP contribution >= 0.6 is 11.8 Å². The van der Waals surface area contributed by atoms with Crippen molar-refractivity contribution in [2.24, 2.45) is 5.92 Å². The van der Waals surface area contributed by atoms with Gasteiger partial charge in [-0.25, -0.2) is 0 Å². The molecular formula is C14H31N3O2S2. The molecule has 0 radical (unpaired) electrons. The van der Waals surface area contributed by atoms with Gasteiger partial charge in [0.05, 0.1) is 0 Å². The van der Waals surface area contributed by atoms with Gasteiger partial charge in [-0.2, -0.15) is 29.2 Å². The molecule has 2 unspecified atom stereocenters. The Morgan fingerprint density at radius 3 is 2.67 bits per heavy atom. The van der Waals surface area contributed by atoms with Gasteiger partial charge in [0, 0.05) is 25.2 Å². The quantitative estimate of drug-likeness (QED) is 0.672. The van der Waals surface area contributed by atoms with E-state index in [0.29, 0.717) is 25.0 Å². The zero-order valence-electron chi connectivity index (χ0n) is 13.8. The highest BCUT2D eigenvalue weighted by Crippen LogP contribution is 2.18. The van der Waals surface area contributed by atoms with E-state index in [1.807, 2.05) is 13.2 Å². The zero-order chi connectivity index (χ0) is 15.9. The van der Waals surface area contributed by atoms with Crippen molar-refractivity contribution in [3.05, 3.63) is 0 Å². The second kappa shape index (κ2) is 9.35. The maximum absolute atomic E-state index is 12.4. The molecule has 0 aromatic rings. The predicted octanol–water partition coefficient (Wildman–Crippen LogP) is 1.67. The van der Waals surface area contributed by atoms with Crippen LogP contribution in [0.3, 0.4) is 0 Å². The second-order valence-electron chi connectivity index (χ2n) is 6.23. The SMILES string of the molecule is CSCCC(C)NS(=O)(=O)N1CCCC(CNC(C)C)C1. The number of nitrogens with zero attached hydrogens (tertiary/aromatic N) is 1. The molecule has 0 bridgehead atoms. The maximum Gasteiger partial charge on any atom is 0.279 e. The third-order valence-corrected chi connectivity index (χ3v) is 6.10. The minimum absolute atomic E-state index is 0.00313. The van der Waals surface area contributed by atoms with Crippen molar-refractivity contribution in [3.63, 3.8) is 0 Å². The van der Waals surface area contributed by atoms with Crippen LogP contribution in [-0.4, -0.2) is 56.4 Å². The molecule has 2 N–H and O–H groups in total.